The van der Waals surface area contributed by atoms with Gasteiger partial charge in [-0.3, -0.25) is 0 Å². The van der Waals surface area contributed by atoms with Crippen LogP contribution in [0.25, 0.3) is 11.4 Å². The van der Waals surface area contributed by atoms with Gasteiger partial charge >= 0.3 is 0 Å². The van der Waals surface area contributed by atoms with Gasteiger partial charge in [-0.1, -0.05) is 12.1 Å². The first kappa shape index (κ1) is 15.3. The fourth-order valence-corrected chi connectivity index (χ4v) is 1.94. The van der Waals surface area contributed by atoms with Gasteiger partial charge in [-0.05, 0) is 31.5 Å². The van der Waals surface area contributed by atoms with Crippen molar-refractivity contribution in [2.24, 2.45) is 5.73 Å². The van der Waals surface area contributed by atoms with Crippen molar-refractivity contribution in [3.63, 3.8) is 0 Å². The normalized spacial score (nSPS) is 13.8. The maximum absolute atomic E-state index is 5.82. The Bertz CT molecular complexity index is 606. The van der Waals surface area contributed by atoms with Crippen LogP contribution in [-0.2, 0) is 5.41 Å². The second-order valence-electron chi connectivity index (χ2n) is 5.11. The van der Waals surface area contributed by atoms with E-state index in [-0.39, 0.29) is 5.41 Å². The van der Waals surface area contributed by atoms with Crippen LogP contribution in [0.5, 0.6) is 11.5 Å². The Morgan fingerprint density at radius 1 is 1.24 bits per heavy atom. The number of hydrogen-bond acceptors (Lipinski definition) is 6. The highest BCUT2D eigenvalue weighted by atomic mass is 16.5. The van der Waals surface area contributed by atoms with Crippen molar-refractivity contribution < 1.29 is 14.0 Å². The van der Waals surface area contributed by atoms with E-state index in [9.17, 15) is 0 Å². The van der Waals surface area contributed by atoms with Crippen LogP contribution in [-0.4, -0.2) is 30.9 Å². The van der Waals surface area contributed by atoms with Gasteiger partial charge in [0.2, 0.25) is 11.7 Å². The summed E-state index contributed by atoms with van der Waals surface area (Å²) in [7, 11) is 3.18. The summed E-state index contributed by atoms with van der Waals surface area (Å²) in [4.78, 5) is 4.47. The van der Waals surface area contributed by atoms with Crippen molar-refractivity contribution >= 4 is 0 Å². The molecule has 2 N–H and O–H groups in total. The van der Waals surface area contributed by atoms with Gasteiger partial charge in [0.15, 0.2) is 11.5 Å². The van der Waals surface area contributed by atoms with Gasteiger partial charge in [-0.15, -0.1) is 0 Å². The second-order valence-corrected chi connectivity index (χ2v) is 5.11. The molecule has 0 saturated heterocycles. The monoisotopic (exact) mass is 291 g/mol. The predicted molar refractivity (Wildman–Crippen MR) is 79.5 cm³/mol. The highest BCUT2D eigenvalue weighted by Gasteiger charge is 2.30. The average Bonchev–Trinajstić information content (AvgIpc) is 3.04. The summed E-state index contributed by atoms with van der Waals surface area (Å²) in [5, 5.41) is 4.04. The molecule has 1 heterocycles. The summed E-state index contributed by atoms with van der Waals surface area (Å²) in [6.07, 6.45) is 0.830. The van der Waals surface area contributed by atoms with Crippen LogP contribution >= 0.6 is 0 Å². The molecule has 2 rings (SSSR count). The number of benzene rings is 1. The van der Waals surface area contributed by atoms with Crippen molar-refractivity contribution in [3.8, 4) is 22.9 Å². The van der Waals surface area contributed by atoms with E-state index in [2.05, 4.69) is 10.1 Å². The van der Waals surface area contributed by atoms with Crippen LogP contribution in [0.15, 0.2) is 22.7 Å². The molecule has 0 radical (unpaired) electrons. The highest BCUT2D eigenvalue weighted by Crippen LogP contribution is 2.32. The van der Waals surface area contributed by atoms with Crippen LogP contribution in [0.2, 0.25) is 0 Å². The molecule has 21 heavy (non-hydrogen) atoms. The average molecular weight is 291 g/mol. The van der Waals surface area contributed by atoms with Crippen LogP contribution in [0.1, 0.15) is 26.2 Å². The van der Waals surface area contributed by atoms with Crippen molar-refractivity contribution in [1.29, 1.82) is 0 Å². The van der Waals surface area contributed by atoms with E-state index < -0.39 is 0 Å². The van der Waals surface area contributed by atoms with E-state index in [1.165, 1.54) is 0 Å². The quantitative estimate of drug-likeness (QED) is 0.879. The summed E-state index contributed by atoms with van der Waals surface area (Å²) in [6.45, 7) is 4.52. The van der Waals surface area contributed by atoms with Crippen molar-refractivity contribution in [2.75, 3.05) is 20.8 Å². The topological polar surface area (TPSA) is 83.4 Å². The standard InChI is InChI=1S/C15H21N3O3/c1-5-15(2,9-16)14-17-13(18-21-14)10-6-7-11(19-3)12(8-10)20-4/h6-8H,5,9,16H2,1-4H3. The molecule has 1 aromatic heterocycles. The number of methoxy groups -OCH3 is 2. The largest absolute Gasteiger partial charge is 0.493 e. The first-order valence-electron chi connectivity index (χ1n) is 6.84. The third-order valence-electron chi connectivity index (χ3n) is 3.81. The molecule has 1 unspecified atom stereocenters. The van der Waals surface area contributed by atoms with Gasteiger partial charge in [0.05, 0.1) is 19.6 Å². The number of aromatic nitrogens is 2. The highest BCUT2D eigenvalue weighted by molar-refractivity contribution is 5.60. The lowest BCUT2D eigenvalue weighted by Crippen LogP contribution is -2.31. The molecule has 2 aromatic rings. The maximum Gasteiger partial charge on any atom is 0.234 e. The lowest BCUT2D eigenvalue weighted by atomic mass is 9.88. The Morgan fingerprint density at radius 3 is 2.52 bits per heavy atom. The van der Waals surface area contributed by atoms with Crippen LogP contribution in [0.4, 0.5) is 0 Å². The minimum absolute atomic E-state index is 0.304. The Labute approximate surface area is 124 Å². The van der Waals surface area contributed by atoms with Crippen molar-refractivity contribution in [3.05, 3.63) is 24.1 Å². The molecule has 114 valence electrons. The molecular weight excluding hydrogens is 270 g/mol. The third kappa shape index (κ3) is 2.85. The summed E-state index contributed by atoms with van der Waals surface area (Å²) >= 11 is 0. The second kappa shape index (κ2) is 6.13. The van der Waals surface area contributed by atoms with E-state index in [0.717, 1.165) is 12.0 Å². The smallest absolute Gasteiger partial charge is 0.234 e. The first-order chi connectivity index (χ1) is 10.1. The minimum Gasteiger partial charge on any atom is -0.493 e. The van der Waals surface area contributed by atoms with E-state index in [0.29, 0.717) is 29.8 Å². The molecule has 1 aromatic carbocycles. The fourth-order valence-electron chi connectivity index (χ4n) is 1.94. The lowest BCUT2D eigenvalue weighted by molar-refractivity contribution is 0.291. The number of nitrogens with two attached hydrogens (primary N) is 1. The van der Waals surface area contributed by atoms with Crippen LogP contribution in [0.3, 0.4) is 0 Å². The Hall–Kier alpha value is -2.08. The van der Waals surface area contributed by atoms with Crippen LogP contribution in [0, 0.1) is 0 Å². The summed E-state index contributed by atoms with van der Waals surface area (Å²) in [6, 6.07) is 5.49. The molecule has 0 aliphatic carbocycles. The fraction of sp³-hybridized carbons (Fsp3) is 0.467. The van der Waals surface area contributed by atoms with Gasteiger partial charge in [0, 0.05) is 12.1 Å². The zero-order valence-corrected chi connectivity index (χ0v) is 12.8. The Balaban J connectivity index is 2.38. The van der Waals surface area contributed by atoms with Gasteiger partial charge in [0.25, 0.3) is 0 Å². The molecule has 6 heteroatoms. The summed E-state index contributed by atoms with van der Waals surface area (Å²) < 4.78 is 15.9. The SMILES string of the molecule is CCC(C)(CN)c1nc(-c2ccc(OC)c(OC)c2)no1. The molecule has 0 amide bonds. The molecule has 0 spiro atoms. The third-order valence-corrected chi connectivity index (χ3v) is 3.81. The lowest BCUT2D eigenvalue weighted by Gasteiger charge is -2.20. The van der Waals surface area contributed by atoms with E-state index in [4.69, 9.17) is 19.7 Å². The Morgan fingerprint density at radius 2 is 1.95 bits per heavy atom. The van der Waals surface area contributed by atoms with Gasteiger partial charge < -0.3 is 19.7 Å². The van der Waals surface area contributed by atoms with Crippen molar-refractivity contribution in [1.82, 2.24) is 10.1 Å². The molecule has 0 bridgehead atoms. The minimum atomic E-state index is -0.304. The summed E-state index contributed by atoms with van der Waals surface area (Å²) in [5.41, 5.74) is 6.32. The number of ether oxygens (including phenoxy) is 2. The van der Waals surface area contributed by atoms with Gasteiger partial charge in [0.1, 0.15) is 0 Å². The number of nitrogens with zero attached hydrogens (tertiary/aromatic N) is 2. The molecule has 1 atom stereocenters. The van der Waals surface area contributed by atoms with E-state index >= 15 is 0 Å². The molecule has 0 aliphatic heterocycles. The number of rotatable bonds is 6. The molecule has 6 nitrogen and oxygen atoms in total. The van der Waals surface area contributed by atoms with Gasteiger partial charge in [-0.2, -0.15) is 4.98 Å². The Kier molecular flexibility index (Phi) is 4.47. The maximum atomic E-state index is 5.82. The molecule has 0 aliphatic rings. The predicted octanol–water partition coefficient (Wildman–Crippen LogP) is 2.38. The summed E-state index contributed by atoms with van der Waals surface area (Å²) in [5.74, 6) is 2.35. The van der Waals surface area contributed by atoms with E-state index in [1.54, 1.807) is 14.2 Å². The van der Waals surface area contributed by atoms with Crippen molar-refractivity contribution in [2.45, 2.75) is 25.7 Å². The zero-order chi connectivity index (χ0) is 15.5. The van der Waals surface area contributed by atoms with Crippen LogP contribution < -0.4 is 15.2 Å². The molecular formula is C15H21N3O3. The number of hydrogen-bond donors (Lipinski definition) is 1. The molecule has 0 fully saturated rings. The zero-order valence-electron chi connectivity index (χ0n) is 12.8. The molecule has 0 saturated carbocycles. The van der Waals surface area contributed by atoms with E-state index in [1.807, 2.05) is 32.0 Å². The first-order valence-corrected chi connectivity index (χ1v) is 6.84. The van der Waals surface area contributed by atoms with Gasteiger partial charge in [-0.25, -0.2) is 0 Å².